The summed E-state index contributed by atoms with van der Waals surface area (Å²) in [5, 5.41) is 10.9. The third-order valence-corrected chi connectivity index (χ3v) is 2.04. The standard InChI is InChI=1S/C10H9F2NO3/c1-5-7(11)2-6(3-8(5)12)9(15)10(16)13-4-14/h2-4,10,16H,1H3,(H,13,14). The van der Waals surface area contributed by atoms with E-state index in [0.717, 1.165) is 12.1 Å². The summed E-state index contributed by atoms with van der Waals surface area (Å²) in [4.78, 5) is 21.3. The van der Waals surface area contributed by atoms with Crippen LogP contribution in [0.2, 0.25) is 0 Å². The van der Waals surface area contributed by atoms with Crippen molar-refractivity contribution >= 4 is 12.2 Å². The fourth-order valence-corrected chi connectivity index (χ4v) is 1.09. The molecule has 0 aromatic heterocycles. The molecule has 86 valence electrons. The molecule has 1 unspecified atom stereocenters. The number of Topliss-reactive ketones (excluding diaryl/α,β-unsaturated/α-hetero) is 1. The Kier molecular flexibility index (Phi) is 3.68. The molecule has 0 bridgehead atoms. The molecular formula is C10H9F2NO3. The van der Waals surface area contributed by atoms with E-state index in [9.17, 15) is 18.4 Å². The summed E-state index contributed by atoms with van der Waals surface area (Å²) in [6, 6.07) is 1.60. The van der Waals surface area contributed by atoms with Crippen molar-refractivity contribution in [2.24, 2.45) is 0 Å². The van der Waals surface area contributed by atoms with Crippen molar-refractivity contribution in [2.75, 3.05) is 0 Å². The molecule has 0 saturated heterocycles. The van der Waals surface area contributed by atoms with Crippen molar-refractivity contribution in [2.45, 2.75) is 13.2 Å². The molecule has 1 aromatic carbocycles. The van der Waals surface area contributed by atoms with Gasteiger partial charge in [-0.15, -0.1) is 0 Å². The van der Waals surface area contributed by atoms with Crippen molar-refractivity contribution < 1.29 is 23.5 Å². The van der Waals surface area contributed by atoms with Crippen molar-refractivity contribution in [1.82, 2.24) is 5.32 Å². The summed E-state index contributed by atoms with van der Waals surface area (Å²) in [6.45, 7) is 1.22. The van der Waals surface area contributed by atoms with Crippen LogP contribution in [0.25, 0.3) is 0 Å². The average molecular weight is 229 g/mol. The number of aliphatic hydroxyl groups excluding tert-OH is 1. The number of amides is 1. The maximum absolute atomic E-state index is 13.1. The number of carbonyl (C=O) groups is 2. The molecule has 0 saturated carbocycles. The van der Waals surface area contributed by atoms with Gasteiger partial charge in [0.05, 0.1) is 0 Å². The minimum absolute atomic E-state index is 0.115. The van der Waals surface area contributed by atoms with Crippen molar-refractivity contribution in [3.63, 3.8) is 0 Å². The van der Waals surface area contributed by atoms with Gasteiger partial charge in [-0.05, 0) is 19.1 Å². The summed E-state index contributed by atoms with van der Waals surface area (Å²) in [7, 11) is 0. The molecule has 0 aliphatic heterocycles. The predicted octanol–water partition coefficient (Wildman–Crippen LogP) is 0.520. The maximum atomic E-state index is 13.1. The maximum Gasteiger partial charge on any atom is 0.212 e. The fourth-order valence-electron chi connectivity index (χ4n) is 1.09. The third-order valence-electron chi connectivity index (χ3n) is 2.04. The van der Waals surface area contributed by atoms with Crippen LogP contribution in [-0.2, 0) is 4.79 Å². The molecule has 2 N–H and O–H groups in total. The predicted molar refractivity (Wildman–Crippen MR) is 50.6 cm³/mol. The molecule has 0 fully saturated rings. The van der Waals surface area contributed by atoms with E-state index in [1.54, 1.807) is 5.32 Å². The zero-order chi connectivity index (χ0) is 12.3. The van der Waals surface area contributed by atoms with Crippen LogP contribution >= 0.6 is 0 Å². The highest BCUT2D eigenvalue weighted by Gasteiger charge is 2.19. The first kappa shape index (κ1) is 12.3. The van der Waals surface area contributed by atoms with Crippen molar-refractivity contribution in [3.8, 4) is 0 Å². The van der Waals surface area contributed by atoms with Gasteiger partial charge in [0.1, 0.15) is 11.6 Å². The number of aliphatic hydroxyl groups is 1. The van der Waals surface area contributed by atoms with E-state index in [-0.39, 0.29) is 17.5 Å². The lowest BCUT2D eigenvalue weighted by Gasteiger charge is -2.09. The zero-order valence-electron chi connectivity index (χ0n) is 8.33. The molecule has 16 heavy (non-hydrogen) atoms. The minimum atomic E-state index is -1.81. The van der Waals surface area contributed by atoms with Crippen LogP contribution in [-0.4, -0.2) is 23.5 Å². The molecule has 0 radical (unpaired) electrons. The lowest BCUT2D eigenvalue weighted by Crippen LogP contribution is -2.35. The summed E-state index contributed by atoms with van der Waals surface area (Å²) in [6.07, 6.45) is -1.69. The number of rotatable bonds is 4. The molecule has 6 heteroatoms. The molecule has 1 rings (SSSR count). The van der Waals surface area contributed by atoms with Gasteiger partial charge in [-0.25, -0.2) is 8.78 Å². The Hall–Kier alpha value is -1.82. The second-order valence-corrected chi connectivity index (χ2v) is 3.12. The van der Waals surface area contributed by atoms with E-state index in [0.29, 0.717) is 0 Å². The normalized spacial score (nSPS) is 12.0. The van der Waals surface area contributed by atoms with Gasteiger partial charge in [0, 0.05) is 11.1 Å². The third kappa shape index (κ3) is 2.40. The SMILES string of the molecule is Cc1c(F)cc(C(=O)C(O)NC=O)cc1F. The quantitative estimate of drug-likeness (QED) is 0.449. The topological polar surface area (TPSA) is 66.4 Å². The first-order valence-corrected chi connectivity index (χ1v) is 4.35. The van der Waals surface area contributed by atoms with E-state index in [2.05, 4.69) is 0 Å². The Morgan fingerprint density at radius 3 is 2.38 bits per heavy atom. The Bertz CT molecular complexity index is 411. The highest BCUT2D eigenvalue weighted by Crippen LogP contribution is 2.15. The van der Waals surface area contributed by atoms with Crippen LogP contribution in [0.4, 0.5) is 8.78 Å². The molecule has 4 nitrogen and oxygen atoms in total. The summed E-state index contributed by atoms with van der Waals surface area (Å²) in [5.41, 5.74) is -0.558. The number of hydrogen-bond donors (Lipinski definition) is 2. The Labute approximate surface area is 89.9 Å². The smallest absolute Gasteiger partial charge is 0.212 e. The molecule has 0 aliphatic carbocycles. The highest BCUT2D eigenvalue weighted by molar-refractivity contribution is 5.99. The van der Waals surface area contributed by atoms with Crippen molar-refractivity contribution in [1.29, 1.82) is 0 Å². The molecule has 1 atom stereocenters. The first-order chi connectivity index (χ1) is 7.47. The highest BCUT2D eigenvalue weighted by atomic mass is 19.1. The van der Waals surface area contributed by atoms with Gasteiger partial charge < -0.3 is 10.4 Å². The zero-order valence-corrected chi connectivity index (χ0v) is 8.33. The van der Waals surface area contributed by atoms with Crippen LogP contribution < -0.4 is 5.32 Å². The molecule has 0 heterocycles. The molecule has 0 aliphatic rings. The first-order valence-electron chi connectivity index (χ1n) is 4.35. The van der Waals surface area contributed by atoms with E-state index in [1.807, 2.05) is 0 Å². The fraction of sp³-hybridized carbons (Fsp3) is 0.200. The Morgan fingerprint density at radius 2 is 1.94 bits per heavy atom. The minimum Gasteiger partial charge on any atom is -0.367 e. The summed E-state index contributed by atoms with van der Waals surface area (Å²) >= 11 is 0. The molecule has 0 spiro atoms. The second-order valence-electron chi connectivity index (χ2n) is 3.12. The van der Waals surface area contributed by atoms with E-state index >= 15 is 0 Å². The van der Waals surface area contributed by atoms with Gasteiger partial charge >= 0.3 is 0 Å². The van der Waals surface area contributed by atoms with Gasteiger partial charge in [-0.3, -0.25) is 9.59 Å². The van der Waals surface area contributed by atoms with Gasteiger partial charge in [-0.1, -0.05) is 0 Å². The van der Waals surface area contributed by atoms with Crippen LogP contribution in [0.5, 0.6) is 0 Å². The number of benzene rings is 1. The van der Waals surface area contributed by atoms with Gasteiger partial charge in [0.2, 0.25) is 12.2 Å². The molecular weight excluding hydrogens is 220 g/mol. The molecule has 1 aromatic rings. The van der Waals surface area contributed by atoms with E-state index < -0.39 is 23.6 Å². The van der Waals surface area contributed by atoms with Gasteiger partial charge in [0.25, 0.3) is 0 Å². The average Bonchev–Trinajstić information content (AvgIpc) is 2.24. The second kappa shape index (κ2) is 4.80. The summed E-state index contributed by atoms with van der Waals surface area (Å²) in [5.74, 6) is -2.76. The van der Waals surface area contributed by atoms with Crippen LogP contribution in [0, 0.1) is 18.6 Å². The Morgan fingerprint density at radius 1 is 1.44 bits per heavy atom. The number of carbonyl (C=O) groups excluding carboxylic acids is 2. The van der Waals surface area contributed by atoms with E-state index in [4.69, 9.17) is 5.11 Å². The number of halogens is 2. The van der Waals surface area contributed by atoms with Crippen LogP contribution in [0.1, 0.15) is 15.9 Å². The van der Waals surface area contributed by atoms with Crippen molar-refractivity contribution in [3.05, 3.63) is 34.9 Å². The lowest BCUT2D eigenvalue weighted by molar-refractivity contribution is -0.111. The lowest BCUT2D eigenvalue weighted by atomic mass is 10.1. The summed E-state index contributed by atoms with van der Waals surface area (Å²) < 4.78 is 26.2. The van der Waals surface area contributed by atoms with Crippen LogP contribution in [0.3, 0.4) is 0 Å². The Balaban J connectivity index is 3.05. The monoisotopic (exact) mass is 229 g/mol. The van der Waals surface area contributed by atoms with Gasteiger partial charge in [0.15, 0.2) is 6.23 Å². The number of ketones is 1. The molecule has 1 amide bonds. The number of nitrogens with one attached hydrogen (secondary N) is 1. The van der Waals surface area contributed by atoms with E-state index in [1.165, 1.54) is 6.92 Å². The van der Waals surface area contributed by atoms with Gasteiger partial charge in [-0.2, -0.15) is 0 Å². The largest absolute Gasteiger partial charge is 0.367 e. The van der Waals surface area contributed by atoms with Crippen LogP contribution in [0.15, 0.2) is 12.1 Å². The number of hydrogen-bond acceptors (Lipinski definition) is 3.